The van der Waals surface area contributed by atoms with E-state index < -0.39 is 9.84 Å². The number of nitrogens with zero attached hydrogens (tertiary/aromatic N) is 2. The third-order valence-corrected chi connectivity index (χ3v) is 4.20. The zero-order chi connectivity index (χ0) is 14.5. The predicted molar refractivity (Wildman–Crippen MR) is 72.3 cm³/mol. The van der Waals surface area contributed by atoms with Gasteiger partial charge >= 0.3 is 0 Å². The number of fused-ring (bicyclic) bond motifs is 1. The maximum absolute atomic E-state index is 12.1. The zero-order valence-electron chi connectivity index (χ0n) is 11.0. The fourth-order valence-corrected chi connectivity index (χ4v) is 3.20. The van der Waals surface area contributed by atoms with Crippen molar-refractivity contribution in [1.29, 1.82) is 0 Å². The lowest BCUT2D eigenvalue weighted by atomic mass is 10.1. The molecule has 1 aliphatic rings. The summed E-state index contributed by atoms with van der Waals surface area (Å²) in [5, 5.41) is 4.21. The first-order chi connectivity index (χ1) is 9.38. The number of ether oxygens (including phenoxy) is 2. The number of benzene rings is 1. The monoisotopic (exact) mass is 295 g/mol. The van der Waals surface area contributed by atoms with Gasteiger partial charge in [-0.2, -0.15) is 5.10 Å². The van der Waals surface area contributed by atoms with E-state index in [1.165, 1.54) is 4.68 Å². The highest BCUT2D eigenvalue weighted by Crippen LogP contribution is 2.43. The summed E-state index contributed by atoms with van der Waals surface area (Å²) >= 11 is 0. The Morgan fingerprint density at radius 1 is 1.35 bits per heavy atom. The van der Waals surface area contributed by atoms with E-state index >= 15 is 0 Å². The molecular formula is C12H13N3O4S. The van der Waals surface area contributed by atoms with Crippen LogP contribution >= 0.6 is 0 Å². The van der Waals surface area contributed by atoms with Crippen LogP contribution in [-0.4, -0.2) is 31.2 Å². The lowest BCUT2D eigenvalue weighted by molar-refractivity contribution is 0.172. The summed E-state index contributed by atoms with van der Waals surface area (Å²) in [5.41, 5.74) is 6.67. The van der Waals surface area contributed by atoms with Crippen LogP contribution in [0.1, 0.15) is 0 Å². The molecule has 8 heteroatoms. The van der Waals surface area contributed by atoms with Crippen LogP contribution in [0.25, 0.3) is 11.3 Å². The first-order valence-electron chi connectivity index (χ1n) is 5.80. The van der Waals surface area contributed by atoms with Crippen LogP contribution in [0.2, 0.25) is 0 Å². The third-order valence-electron chi connectivity index (χ3n) is 3.06. The molecule has 3 rings (SSSR count). The van der Waals surface area contributed by atoms with E-state index in [1.807, 2.05) is 0 Å². The summed E-state index contributed by atoms with van der Waals surface area (Å²) < 4.78 is 36.1. The van der Waals surface area contributed by atoms with E-state index in [9.17, 15) is 8.42 Å². The summed E-state index contributed by atoms with van der Waals surface area (Å²) in [7, 11) is -1.82. The van der Waals surface area contributed by atoms with Gasteiger partial charge < -0.3 is 15.2 Å². The highest BCUT2D eigenvalue weighted by atomic mass is 32.2. The standard InChI is InChI=1S/C12H13N3O4S/c1-15-10(13)5-8(14-15)7-3-4-9-11(19-6-18-9)12(7)20(2,16)17/h3-5H,6,13H2,1-2H3. The Kier molecular flexibility index (Phi) is 2.65. The van der Waals surface area contributed by atoms with Crippen molar-refractivity contribution in [3.05, 3.63) is 18.2 Å². The normalized spacial score (nSPS) is 13.7. The number of aryl methyl sites for hydroxylation is 1. The van der Waals surface area contributed by atoms with Gasteiger partial charge in [0, 0.05) is 24.9 Å². The van der Waals surface area contributed by atoms with Gasteiger partial charge in [0.25, 0.3) is 0 Å². The van der Waals surface area contributed by atoms with E-state index in [4.69, 9.17) is 15.2 Å². The molecule has 0 aliphatic carbocycles. The van der Waals surface area contributed by atoms with Crippen molar-refractivity contribution in [3.63, 3.8) is 0 Å². The van der Waals surface area contributed by atoms with E-state index in [0.717, 1.165) is 6.26 Å². The molecule has 0 spiro atoms. The quantitative estimate of drug-likeness (QED) is 0.880. The molecule has 1 aromatic carbocycles. The number of hydrogen-bond donors (Lipinski definition) is 1. The molecule has 0 saturated heterocycles. The van der Waals surface area contributed by atoms with Crippen molar-refractivity contribution < 1.29 is 17.9 Å². The van der Waals surface area contributed by atoms with Crippen LogP contribution in [-0.2, 0) is 16.9 Å². The summed E-state index contributed by atoms with van der Waals surface area (Å²) in [6.45, 7) is 0.00562. The van der Waals surface area contributed by atoms with Crippen LogP contribution in [0.15, 0.2) is 23.1 Å². The molecule has 0 fully saturated rings. The fraction of sp³-hybridized carbons (Fsp3) is 0.250. The van der Waals surface area contributed by atoms with Crippen molar-refractivity contribution in [1.82, 2.24) is 9.78 Å². The summed E-state index contributed by atoms with van der Waals surface area (Å²) in [5.74, 6) is 1.09. The minimum atomic E-state index is -3.51. The highest BCUT2D eigenvalue weighted by molar-refractivity contribution is 7.91. The maximum Gasteiger partial charge on any atom is 0.231 e. The summed E-state index contributed by atoms with van der Waals surface area (Å²) in [4.78, 5) is 0.0746. The minimum absolute atomic E-state index is 0.00562. The molecule has 2 N–H and O–H groups in total. The highest BCUT2D eigenvalue weighted by Gasteiger charge is 2.28. The van der Waals surface area contributed by atoms with Crippen LogP contribution in [0.3, 0.4) is 0 Å². The Bertz CT molecular complexity index is 776. The lowest BCUT2D eigenvalue weighted by Gasteiger charge is -2.08. The number of anilines is 1. The summed E-state index contributed by atoms with van der Waals surface area (Å²) in [6.07, 6.45) is 1.13. The van der Waals surface area contributed by atoms with Gasteiger partial charge in [-0.05, 0) is 12.1 Å². The van der Waals surface area contributed by atoms with Crippen molar-refractivity contribution in [3.8, 4) is 22.8 Å². The molecule has 0 amide bonds. The van der Waals surface area contributed by atoms with Crippen LogP contribution in [0, 0.1) is 0 Å². The molecule has 0 bridgehead atoms. The molecule has 0 unspecified atom stereocenters. The molecule has 106 valence electrons. The molecule has 0 radical (unpaired) electrons. The van der Waals surface area contributed by atoms with Crippen molar-refractivity contribution in [2.24, 2.45) is 7.05 Å². The molecule has 2 heterocycles. The van der Waals surface area contributed by atoms with E-state index in [-0.39, 0.29) is 17.4 Å². The second kappa shape index (κ2) is 4.14. The zero-order valence-corrected chi connectivity index (χ0v) is 11.8. The van der Waals surface area contributed by atoms with Crippen LogP contribution < -0.4 is 15.2 Å². The SMILES string of the molecule is Cn1nc(-c2ccc3c(c2S(C)(=O)=O)OCO3)cc1N. The Labute approximate surface area is 115 Å². The van der Waals surface area contributed by atoms with Gasteiger partial charge in [0.2, 0.25) is 6.79 Å². The minimum Gasteiger partial charge on any atom is -0.454 e. The van der Waals surface area contributed by atoms with E-state index in [0.29, 0.717) is 22.8 Å². The largest absolute Gasteiger partial charge is 0.454 e. The molecule has 0 saturated carbocycles. The van der Waals surface area contributed by atoms with Gasteiger partial charge in [-0.15, -0.1) is 0 Å². The van der Waals surface area contributed by atoms with Crippen LogP contribution in [0.5, 0.6) is 11.5 Å². The van der Waals surface area contributed by atoms with Crippen molar-refractivity contribution in [2.75, 3.05) is 18.8 Å². The van der Waals surface area contributed by atoms with Gasteiger partial charge in [-0.1, -0.05) is 0 Å². The molecule has 7 nitrogen and oxygen atoms in total. The Hall–Kier alpha value is -2.22. The number of nitrogens with two attached hydrogens (primary N) is 1. The number of nitrogen functional groups attached to an aromatic ring is 1. The predicted octanol–water partition coefficient (Wildman–Crippen LogP) is 0.802. The number of aromatic nitrogens is 2. The average Bonchev–Trinajstić information content (AvgIpc) is 2.94. The van der Waals surface area contributed by atoms with Crippen molar-refractivity contribution in [2.45, 2.75) is 4.90 Å². The molecular weight excluding hydrogens is 282 g/mol. The lowest BCUT2D eigenvalue weighted by Crippen LogP contribution is -2.03. The van der Waals surface area contributed by atoms with Crippen LogP contribution in [0.4, 0.5) is 5.82 Å². The number of rotatable bonds is 2. The number of sulfone groups is 1. The van der Waals surface area contributed by atoms with Gasteiger partial charge in [-0.3, -0.25) is 4.68 Å². The number of hydrogen-bond acceptors (Lipinski definition) is 6. The van der Waals surface area contributed by atoms with E-state index in [2.05, 4.69) is 5.10 Å². The average molecular weight is 295 g/mol. The maximum atomic E-state index is 12.1. The Morgan fingerprint density at radius 3 is 2.70 bits per heavy atom. The second-order valence-corrected chi connectivity index (χ2v) is 6.48. The third kappa shape index (κ3) is 1.88. The topological polar surface area (TPSA) is 96.4 Å². The molecule has 1 aliphatic heterocycles. The Morgan fingerprint density at radius 2 is 2.10 bits per heavy atom. The van der Waals surface area contributed by atoms with Gasteiger partial charge in [0.15, 0.2) is 21.3 Å². The van der Waals surface area contributed by atoms with Crippen molar-refractivity contribution >= 4 is 15.7 Å². The molecule has 0 atom stereocenters. The fourth-order valence-electron chi connectivity index (χ4n) is 2.13. The molecule has 20 heavy (non-hydrogen) atoms. The first-order valence-corrected chi connectivity index (χ1v) is 7.69. The van der Waals surface area contributed by atoms with E-state index in [1.54, 1.807) is 25.2 Å². The van der Waals surface area contributed by atoms with Gasteiger partial charge in [0.05, 0.1) is 5.69 Å². The molecule has 1 aromatic heterocycles. The summed E-state index contributed by atoms with van der Waals surface area (Å²) in [6, 6.07) is 4.93. The second-order valence-electron chi connectivity index (χ2n) is 4.53. The van der Waals surface area contributed by atoms with Gasteiger partial charge in [-0.25, -0.2) is 8.42 Å². The van der Waals surface area contributed by atoms with Gasteiger partial charge in [0.1, 0.15) is 10.7 Å². The smallest absolute Gasteiger partial charge is 0.231 e. The Balaban J connectivity index is 2.32. The first kappa shape index (κ1) is 12.8. The molecule has 2 aromatic rings.